The smallest absolute Gasteiger partial charge is 0.243 e. The number of ether oxygens (including phenoxy) is 3. The molecule has 1 aromatic heterocycles. The number of nitrogens with two attached hydrogens (primary N) is 1. The average Bonchev–Trinajstić information content (AvgIpc) is 2.89. The normalized spacial score (nSPS) is 16.2. The fraction of sp³-hybridized carbons (Fsp3) is 0.360. The zero-order chi connectivity index (χ0) is 26.5. The van der Waals surface area contributed by atoms with Gasteiger partial charge in [-0.1, -0.05) is 6.07 Å². The molecule has 0 radical (unpaired) electrons. The second-order valence-corrected chi connectivity index (χ2v) is 10.5. The minimum Gasteiger partial charge on any atom is -0.492 e. The van der Waals surface area contributed by atoms with Crippen molar-refractivity contribution in [2.24, 2.45) is 5.14 Å². The van der Waals surface area contributed by atoms with E-state index in [-0.39, 0.29) is 22.9 Å². The summed E-state index contributed by atoms with van der Waals surface area (Å²) < 4.78 is 41.8. The lowest BCUT2D eigenvalue weighted by Crippen LogP contribution is -2.45. The number of anilines is 4. The zero-order valence-electron chi connectivity index (χ0n) is 21.1. The number of primary sulfonamides is 1. The number of aromatic nitrogens is 2. The fourth-order valence-electron chi connectivity index (χ4n) is 4.25. The lowest BCUT2D eigenvalue weighted by Gasteiger charge is -2.32. The maximum absolute atomic E-state index is 12.4. The summed E-state index contributed by atoms with van der Waals surface area (Å²) >= 11 is 0. The van der Waals surface area contributed by atoms with Crippen LogP contribution >= 0.6 is 0 Å². The first-order valence-corrected chi connectivity index (χ1v) is 13.9. The standard InChI is InChI=1S/C25H31N7O5S/c1-31-9-11-32(12-10-31)13-14-35-19-4-2-3-18(17-19)28-25-27-8-7-22(30-25)29-20-5-6-21-23(37-16-15-36-21)24(20)38(26,33)34/h2-8,17H,9-16H2,1H3,(H2,26,33,34)(H2,27,28,29,30). The minimum absolute atomic E-state index is 0.0839. The van der Waals surface area contributed by atoms with Gasteiger partial charge in [0.25, 0.3) is 0 Å². The summed E-state index contributed by atoms with van der Waals surface area (Å²) in [6, 6.07) is 12.4. The minimum atomic E-state index is -4.12. The molecule has 2 aliphatic rings. The molecule has 2 aliphatic heterocycles. The van der Waals surface area contributed by atoms with Crippen molar-refractivity contribution in [3.05, 3.63) is 48.7 Å². The Balaban J connectivity index is 1.25. The Morgan fingerprint density at radius 1 is 1.05 bits per heavy atom. The molecule has 13 heteroatoms. The highest BCUT2D eigenvalue weighted by molar-refractivity contribution is 7.89. The molecule has 5 rings (SSSR count). The van der Waals surface area contributed by atoms with Crippen molar-refractivity contribution >= 4 is 33.2 Å². The first kappa shape index (κ1) is 26.0. The van der Waals surface area contributed by atoms with Crippen LogP contribution in [0.2, 0.25) is 0 Å². The SMILES string of the molecule is CN1CCN(CCOc2cccc(Nc3nccc(Nc4ccc5c(c4S(N)(=O)=O)OCCO5)n3)c2)CC1. The average molecular weight is 542 g/mol. The summed E-state index contributed by atoms with van der Waals surface area (Å²) in [6.07, 6.45) is 1.56. The topological polar surface area (TPSA) is 144 Å². The number of likely N-dealkylation sites (N-methyl/N-ethyl adjacent to an activating group) is 1. The summed E-state index contributed by atoms with van der Waals surface area (Å²) in [5, 5.41) is 11.7. The van der Waals surface area contributed by atoms with Crippen molar-refractivity contribution in [2.45, 2.75) is 4.90 Å². The zero-order valence-corrected chi connectivity index (χ0v) is 21.9. The van der Waals surface area contributed by atoms with E-state index in [0.29, 0.717) is 30.7 Å². The van der Waals surface area contributed by atoms with E-state index in [9.17, 15) is 8.42 Å². The fourth-order valence-corrected chi connectivity index (χ4v) is 5.10. The van der Waals surface area contributed by atoms with E-state index < -0.39 is 10.0 Å². The monoisotopic (exact) mass is 541 g/mol. The predicted molar refractivity (Wildman–Crippen MR) is 143 cm³/mol. The van der Waals surface area contributed by atoms with Crippen molar-refractivity contribution in [2.75, 3.05) is 70.2 Å². The van der Waals surface area contributed by atoms with E-state index in [1.54, 1.807) is 24.4 Å². The van der Waals surface area contributed by atoms with Crippen LogP contribution in [-0.2, 0) is 10.0 Å². The van der Waals surface area contributed by atoms with Gasteiger partial charge in [0.05, 0.1) is 5.69 Å². The van der Waals surface area contributed by atoms with E-state index >= 15 is 0 Å². The maximum atomic E-state index is 12.4. The molecule has 0 spiro atoms. The van der Waals surface area contributed by atoms with Gasteiger partial charge in [-0.25, -0.2) is 18.5 Å². The number of rotatable bonds is 9. The largest absolute Gasteiger partial charge is 0.492 e. The highest BCUT2D eigenvalue weighted by Gasteiger charge is 2.27. The highest BCUT2D eigenvalue weighted by atomic mass is 32.2. The van der Waals surface area contributed by atoms with Crippen molar-refractivity contribution in [3.63, 3.8) is 0 Å². The second-order valence-electron chi connectivity index (χ2n) is 9.05. The third kappa shape index (κ3) is 6.42. The molecule has 38 heavy (non-hydrogen) atoms. The number of hydrogen-bond acceptors (Lipinski definition) is 11. The van der Waals surface area contributed by atoms with Gasteiger partial charge in [-0.05, 0) is 37.4 Å². The van der Waals surface area contributed by atoms with E-state index in [2.05, 4.69) is 37.4 Å². The first-order chi connectivity index (χ1) is 18.3. The molecule has 0 atom stereocenters. The van der Waals surface area contributed by atoms with Crippen LogP contribution in [0, 0.1) is 0 Å². The van der Waals surface area contributed by atoms with Gasteiger partial charge in [0.1, 0.15) is 31.4 Å². The van der Waals surface area contributed by atoms with Crippen molar-refractivity contribution < 1.29 is 22.6 Å². The molecule has 3 heterocycles. The first-order valence-electron chi connectivity index (χ1n) is 12.3. The van der Waals surface area contributed by atoms with Crippen LogP contribution < -0.4 is 30.0 Å². The molecule has 1 saturated heterocycles. The maximum Gasteiger partial charge on any atom is 0.243 e. The van der Waals surface area contributed by atoms with Crippen LogP contribution in [0.4, 0.5) is 23.1 Å². The van der Waals surface area contributed by atoms with Gasteiger partial charge in [-0.15, -0.1) is 0 Å². The lowest BCUT2D eigenvalue weighted by atomic mass is 10.2. The number of nitrogens with one attached hydrogen (secondary N) is 2. The van der Waals surface area contributed by atoms with E-state index in [0.717, 1.165) is 44.2 Å². The summed E-state index contributed by atoms with van der Waals surface area (Å²) in [7, 11) is -1.98. The number of benzene rings is 2. The number of fused-ring (bicyclic) bond motifs is 1. The van der Waals surface area contributed by atoms with Crippen LogP contribution in [0.15, 0.2) is 53.6 Å². The predicted octanol–water partition coefficient (Wildman–Crippen LogP) is 2.01. The number of sulfonamides is 1. The molecule has 0 bridgehead atoms. The molecular weight excluding hydrogens is 510 g/mol. The van der Waals surface area contributed by atoms with Crippen molar-refractivity contribution in [1.29, 1.82) is 0 Å². The molecule has 2 aromatic carbocycles. The van der Waals surface area contributed by atoms with Crippen LogP contribution in [0.1, 0.15) is 0 Å². The van der Waals surface area contributed by atoms with E-state index in [1.165, 1.54) is 0 Å². The van der Waals surface area contributed by atoms with Gasteiger partial charge < -0.3 is 29.7 Å². The van der Waals surface area contributed by atoms with Crippen LogP contribution in [0.5, 0.6) is 17.2 Å². The van der Waals surface area contributed by atoms with Gasteiger partial charge in [0.2, 0.25) is 16.0 Å². The molecule has 0 unspecified atom stereocenters. The Kier molecular flexibility index (Phi) is 7.79. The quantitative estimate of drug-likeness (QED) is 0.366. The van der Waals surface area contributed by atoms with Gasteiger partial charge in [0, 0.05) is 50.7 Å². The van der Waals surface area contributed by atoms with E-state index in [4.69, 9.17) is 19.3 Å². The molecule has 1 fully saturated rings. The van der Waals surface area contributed by atoms with Crippen molar-refractivity contribution in [1.82, 2.24) is 19.8 Å². The van der Waals surface area contributed by atoms with Crippen molar-refractivity contribution in [3.8, 4) is 17.2 Å². The Labute approximate surface area is 221 Å². The van der Waals surface area contributed by atoms with Gasteiger partial charge in [-0.2, -0.15) is 4.98 Å². The number of hydrogen-bond donors (Lipinski definition) is 3. The Hall–Kier alpha value is -3.65. The highest BCUT2D eigenvalue weighted by Crippen LogP contribution is 2.41. The molecule has 202 valence electrons. The lowest BCUT2D eigenvalue weighted by molar-refractivity contribution is 0.134. The van der Waals surface area contributed by atoms with Gasteiger partial charge in [-0.3, -0.25) is 4.90 Å². The molecule has 0 amide bonds. The molecule has 12 nitrogen and oxygen atoms in total. The van der Waals surface area contributed by atoms with E-state index in [1.807, 2.05) is 24.3 Å². The molecule has 3 aromatic rings. The Morgan fingerprint density at radius 3 is 2.68 bits per heavy atom. The molecule has 0 saturated carbocycles. The van der Waals surface area contributed by atoms with Crippen LogP contribution in [0.25, 0.3) is 0 Å². The van der Waals surface area contributed by atoms with Gasteiger partial charge >= 0.3 is 0 Å². The molecule has 4 N–H and O–H groups in total. The third-order valence-corrected chi connectivity index (χ3v) is 7.20. The number of nitrogens with zero attached hydrogens (tertiary/aromatic N) is 4. The Bertz CT molecular complexity index is 1380. The summed E-state index contributed by atoms with van der Waals surface area (Å²) in [5.41, 5.74) is 0.973. The second kappa shape index (κ2) is 11.4. The summed E-state index contributed by atoms with van der Waals surface area (Å²) in [6.45, 7) is 6.28. The van der Waals surface area contributed by atoms with Crippen LogP contribution in [0.3, 0.4) is 0 Å². The Morgan fingerprint density at radius 2 is 1.87 bits per heavy atom. The molecular formula is C25H31N7O5S. The van der Waals surface area contributed by atoms with Crippen LogP contribution in [-0.4, -0.2) is 87.8 Å². The summed E-state index contributed by atoms with van der Waals surface area (Å²) in [4.78, 5) is 13.3. The third-order valence-electron chi connectivity index (χ3n) is 6.23. The molecule has 0 aliphatic carbocycles. The summed E-state index contributed by atoms with van der Waals surface area (Å²) in [5.74, 6) is 1.83. The number of piperazine rings is 1. The van der Waals surface area contributed by atoms with Gasteiger partial charge in [0.15, 0.2) is 16.4 Å².